The van der Waals surface area contributed by atoms with Crippen LogP contribution in [0.3, 0.4) is 0 Å². The Morgan fingerprint density at radius 2 is 1.96 bits per heavy atom. The zero-order valence-corrected chi connectivity index (χ0v) is 16.7. The van der Waals surface area contributed by atoms with Crippen LogP contribution in [0.4, 0.5) is 0 Å². The largest absolute Gasteiger partial charge is 0.486 e. The van der Waals surface area contributed by atoms with Crippen LogP contribution >= 0.6 is 0 Å². The van der Waals surface area contributed by atoms with Crippen LogP contribution in [0.25, 0.3) is 0 Å². The predicted molar refractivity (Wildman–Crippen MR) is 104 cm³/mol. The highest BCUT2D eigenvalue weighted by Crippen LogP contribution is 2.34. The number of nitrogens with zero attached hydrogens (tertiary/aromatic N) is 2. The second-order valence-corrected chi connectivity index (χ2v) is 8.17. The smallest absolute Gasteiger partial charge is 0.251 e. The molecule has 0 bridgehead atoms. The number of fused-ring (bicyclic) bond motifs is 1. The second-order valence-electron chi connectivity index (χ2n) is 8.17. The molecule has 0 radical (unpaired) electrons. The highest BCUT2D eigenvalue weighted by Gasteiger charge is 2.45. The van der Waals surface area contributed by atoms with E-state index >= 15 is 0 Å². The number of carbonyl (C=O) groups is 1. The maximum atomic E-state index is 12.2. The molecule has 3 aliphatic rings. The van der Waals surface area contributed by atoms with Crippen molar-refractivity contribution < 1.29 is 24.1 Å². The SMILES string of the molecule is CCC1OC2(CCN(CC(O)C3COc4ccccc4O3)CC2)CN(C)C1=O. The molecule has 3 atom stereocenters. The van der Waals surface area contributed by atoms with Gasteiger partial charge >= 0.3 is 0 Å². The fourth-order valence-corrected chi connectivity index (χ4v) is 4.43. The molecule has 1 aromatic rings. The first-order chi connectivity index (χ1) is 13.5. The average Bonchev–Trinajstić information content (AvgIpc) is 2.72. The Bertz CT molecular complexity index is 704. The lowest BCUT2D eigenvalue weighted by Gasteiger charge is -2.49. The Hall–Kier alpha value is -1.83. The minimum Gasteiger partial charge on any atom is -0.486 e. The summed E-state index contributed by atoms with van der Waals surface area (Å²) in [6.45, 7) is 5.20. The van der Waals surface area contributed by atoms with E-state index in [1.807, 2.05) is 43.1 Å². The second kappa shape index (κ2) is 7.89. The molecule has 3 heterocycles. The topological polar surface area (TPSA) is 71.5 Å². The fraction of sp³-hybridized carbons (Fsp3) is 0.667. The molecule has 7 nitrogen and oxygen atoms in total. The predicted octanol–water partition coefficient (Wildman–Crippen LogP) is 1.29. The first-order valence-corrected chi connectivity index (χ1v) is 10.2. The Labute approximate surface area is 166 Å². The number of benzene rings is 1. The standard InChI is InChI=1S/C21H30N2O5/c1-3-16-20(25)22(2)14-21(28-16)8-10-23(11-9-21)12-15(24)19-13-26-17-6-4-5-7-18(17)27-19/h4-7,15-16,19,24H,3,8-14H2,1-2H3. The molecule has 1 amide bonds. The number of aliphatic hydroxyl groups is 1. The van der Waals surface area contributed by atoms with E-state index in [-0.39, 0.29) is 23.7 Å². The Kier molecular flexibility index (Phi) is 5.49. The fourth-order valence-electron chi connectivity index (χ4n) is 4.43. The van der Waals surface area contributed by atoms with Gasteiger partial charge < -0.3 is 29.1 Å². The normalized spacial score (nSPS) is 28.4. The van der Waals surface area contributed by atoms with Gasteiger partial charge in [0.15, 0.2) is 17.6 Å². The molecule has 28 heavy (non-hydrogen) atoms. The number of hydrogen-bond donors (Lipinski definition) is 1. The molecule has 1 spiro atoms. The molecule has 0 aromatic heterocycles. The van der Waals surface area contributed by atoms with E-state index in [9.17, 15) is 9.90 Å². The Morgan fingerprint density at radius 1 is 1.25 bits per heavy atom. The summed E-state index contributed by atoms with van der Waals surface area (Å²) in [5, 5.41) is 10.7. The van der Waals surface area contributed by atoms with Gasteiger partial charge in [0, 0.05) is 33.2 Å². The quantitative estimate of drug-likeness (QED) is 0.835. The van der Waals surface area contributed by atoms with E-state index in [1.54, 1.807) is 0 Å². The van der Waals surface area contributed by atoms with Gasteiger partial charge in [-0.2, -0.15) is 0 Å². The van der Waals surface area contributed by atoms with Crippen LogP contribution < -0.4 is 9.47 Å². The molecule has 2 fully saturated rings. The zero-order valence-electron chi connectivity index (χ0n) is 16.7. The van der Waals surface area contributed by atoms with Crippen LogP contribution in [0.15, 0.2) is 24.3 Å². The van der Waals surface area contributed by atoms with Crippen molar-refractivity contribution in [1.82, 2.24) is 9.80 Å². The molecule has 3 aliphatic heterocycles. The Morgan fingerprint density at radius 3 is 2.68 bits per heavy atom. The average molecular weight is 390 g/mol. The molecule has 154 valence electrons. The molecule has 0 aliphatic carbocycles. The van der Waals surface area contributed by atoms with Crippen LogP contribution in [0.1, 0.15) is 26.2 Å². The first-order valence-electron chi connectivity index (χ1n) is 10.2. The van der Waals surface area contributed by atoms with Crippen molar-refractivity contribution in [2.45, 2.75) is 50.1 Å². The van der Waals surface area contributed by atoms with Crippen molar-refractivity contribution >= 4 is 5.91 Å². The summed E-state index contributed by atoms with van der Waals surface area (Å²) < 4.78 is 17.9. The summed E-state index contributed by atoms with van der Waals surface area (Å²) in [6.07, 6.45) is 1.10. The van der Waals surface area contributed by atoms with Gasteiger partial charge in [-0.1, -0.05) is 19.1 Å². The van der Waals surface area contributed by atoms with E-state index in [1.165, 1.54) is 0 Å². The lowest BCUT2D eigenvalue weighted by atomic mass is 9.88. The van der Waals surface area contributed by atoms with Crippen molar-refractivity contribution in [3.8, 4) is 11.5 Å². The summed E-state index contributed by atoms with van der Waals surface area (Å²) in [7, 11) is 1.86. The highest BCUT2D eigenvalue weighted by atomic mass is 16.6. The van der Waals surface area contributed by atoms with Gasteiger partial charge in [-0.25, -0.2) is 0 Å². The van der Waals surface area contributed by atoms with Crippen molar-refractivity contribution in [3.63, 3.8) is 0 Å². The van der Waals surface area contributed by atoms with E-state index in [4.69, 9.17) is 14.2 Å². The van der Waals surface area contributed by atoms with E-state index in [2.05, 4.69) is 4.90 Å². The highest BCUT2D eigenvalue weighted by molar-refractivity contribution is 5.81. The number of ether oxygens (including phenoxy) is 3. The number of para-hydroxylation sites is 2. The molecular weight excluding hydrogens is 360 g/mol. The molecule has 1 aromatic carbocycles. The van der Waals surface area contributed by atoms with Crippen molar-refractivity contribution in [2.24, 2.45) is 0 Å². The number of morpholine rings is 1. The van der Waals surface area contributed by atoms with Crippen molar-refractivity contribution in [1.29, 1.82) is 0 Å². The third-order valence-electron chi connectivity index (χ3n) is 6.11. The maximum absolute atomic E-state index is 12.2. The van der Waals surface area contributed by atoms with Crippen molar-refractivity contribution in [3.05, 3.63) is 24.3 Å². The van der Waals surface area contributed by atoms with Gasteiger partial charge in [-0.05, 0) is 31.4 Å². The molecular formula is C21H30N2O5. The van der Waals surface area contributed by atoms with Crippen LogP contribution in [-0.2, 0) is 9.53 Å². The molecule has 2 saturated heterocycles. The number of likely N-dealkylation sites (N-methyl/N-ethyl adjacent to an activating group) is 1. The van der Waals surface area contributed by atoms with E-state index in [0.29, 0.717) is 31.9 Å². The van der Waals surface area contributed by atoms with Crippen LogP contribution in [0, 0.1) is 0 Å². The minimum absolute atomic E-state index is 0.0840. The lowest BCUT2D eigenvalue weighted by Crippen LogP contribution is -2.61. The van der Waals surface area contributed by atoms with Crippen molar-refractivity contribution in [2.75, 3.05) is 39.8 Å². The third-order valence-corrected chi connectivity index (χ3v) is 6.11. The Balaban J connectivity index is 1.30. The summed E-state index contributed by atoms with van der Waals surface area (Å²) >= 11 is 0. The van der Waals surface area contributed by atoms with Crippen LogP contribution in [0.5, 0.6) is 11.5 Å². The van der Waals surface area contributed by atoms with Gasteiger partial charge in [-0.3, -0.25) is 4.79 Å². The van der Waals surface area contributed by atoms with Gasteiger partial charge in [0.25, 0.3) is 5.91 Å². The van der Waals surface area contributed by atoms with Gasteiger partial charge in [0.1, 0.15) is 18.8 Å². The van der Waals surface area contributed by atoms with Gasteiger partial charge in [0.05, 0.1) is 5.60 Å². The third kappa shape index (κ3) is 3.83. The monoisotopic (exact) mass is 390 g/mol. The van der Waals surface area contributed by atoms with E-state index in [0.717, 1.165) is 31.7 Å². The number of hydrogen-bond acceptors (Lipinski definition) is 6. The summed E-state index contributed by atoms with van der Waals surface area (Å²) in [5.74, 6) is 1.49. The molecule has 4 rings (SSSR count). The van der Waals surface area contributed by atoms with E-state index < -0.39 is 6.10 Å². The molecule has 0 saturated carbocycles. The lowest BCUT2D eigenvalue weighted by molar-refractivity contribution is -0.191. The van der Waals surface area contributed by atoms with Crippen LogP contribution in [-0.4, -0.2) is 84.6 Å². The minimum atomic E-state index is -0.623. The molecule has 1 N–H and O–H groups in total. The number of aliphatic hydroxyl groups excluding tert-OH is 1. The molecule has 3 unspecified atom stereocenters. The van der Waals surface area contributed by atoms with Gasteiger partial charge in [-0.15, -0.1) is 0 Å². The number of rotatable bonds is 4. The van der Waals surface area contributed by atoms with Gasteiger partial charge in [0.2, 0.25) is 0 Å². The number of likely N-dealkylation sites (tertiary alicyclic amines) is 1. The summed E-state index contributed by atoms with van der Waals surface area (Å²) in [6, 6.07) is 7.54. The zero-order chi connectivity index (χ0) is 19.7. The van der Waals surface area contributed by atoms with Crippen LogP contribution in [0.2, 0.25) is 0 Å². The first kappa shape index (κ1) is 19.5. The number of amides is 1. The number of β-amino-alcohol motifs (C(OH)–C–C–N with tert-alkyl or cyclic N) is 1. The number of carbonyl (C=O) groups excluding carboxylic acids is 1. The summed E-state index contributed by atoms with van der Waals surface area (Å²) in [5.41, 5.74) is -0.256. The summed E-state index contributed by atoms with van der Waals surface area (Å²) in [4.78, 5) is 16.2. The molecule has 7 heteroatoms. The number of piperidine rings is 1. The maximum Gasteiger partial charge on any atom is 0.251 e.